The van der Waals surface area contributed by atoms with Gasteiger partial charge in [-0.1, -0.05) is 62.5 Å². The number of aliphatic hydroxyl groups is 2. The summed E-state index contributed by atoms with van der Waals surface area (Å²) in [6, 6.07) is 12.8. The second-order valence-corrected chi connectivity index (χ2v) is 26.3. The maximum Gasteiger partial charge on any atom is 0.351 e. The van der Waals surface area contributed by atoms with Crippen molar-refractivity contribution < 1.29 is 58.8 Å². The van der Waals surface area contributed by atoms with Crippen LogP contribution in [-0.4, -0.2) is 121 Å². The van der Waals surface area contributed by atoms with Crippen LogP contribution in [0.4, 0.5) is 0 Å². The van der Waals surface area contributed by atoms with Crippen molar-refractivity contribution in [2.45, 2.75) is 63.1 Å². The number of carbonyl (C=O) groups is 8. The molecular formula is C59H51ClN14O12S6. The number of rotatable bonds is 15. The normalized spacial score (nSPS) is 17.1. The zero-order chi connectivity index (χ0) is 65.7. The average molecular weight is 1380 g/mol. The molecule has 7 unspecified atom stereocenters. The van der Waals surface area contributed by atoms with Crippen molar-refractivity contribution in [3.63, 3.8) is 0 Å². The Morgan fingerprint density at radius 2 is 1.26 bits per heavy atom. The molecule has 33 heteroatoms. The van der Waals surface area contributed by atoms with Crippen LogP contribution in [-0.2, 0) is 25.6 Å². The summed E-state index contributed by atoms with van der Waals surface area (Å²) in [6.07, 6.45) is -3.17. The van der Waals surface area contributed by atoms with Crippen molar-refractivity contribution in [2.75, 3.05) is 5.88 Å². The maximum atomic E-state index is 14.9. The van der Waals surface area contributed by atoms with E-state index in [1.165, 1.54) is 39.6 Å². The van der Waals surface area contributed by atoms with E-state index in [-0.39, 0.29) is 72.2 Å². The molecule has 12 N–H and O–H groups in total. The number of carboxylic acid groups (broad SMARTS) is 1. The number of aliphatic hydroxyl groups excluding tert-OH is 2. The van der Waals surface area contributed by atoms with E-state index < -0.39 is 107 Å². The number of benzene rings is 2. The van der Waals surface area contributed by atoms with Crippen LogP contribution in [0, 0.1) is 12.8 Å². The van der Waals surface area contributed by atoms with Crippen molar-refractivity contribution in [2.24, 2.45) is 11.7 Å². The molecule has 7 amide bonds. The predicted octanol–water partition coefficient (Wildman–Crippen LogP) is 6.76. The second kappa shape index (κ2) is 28.4. The second-order valence-electron chi connectivity index (χ2n) is 20.4. The van der Waals surface area contributed by atoms with Crippen molar-refractivity contribution in [1.82, 2.24) is 66.8 Å². The summed E-state index contributed by atoms with van der Waals surface area (Å²) in [5, 5.41) is 67.4. The summed E-state index contributed by atoms with van der Waals surface area (Å²) in [6.45, 7) is 10.0. The summed E-state index contributed by atoms with van der Waals surface area (Å²) in [5.74, 6) is -8.27. The first kappa shape index (κ1) is 65.6. The number of aliphatic carboxylic acids is 1. The predicted molar refractivity (Wildman–Crippen MR) is 345 cm³/mol. The molecule has 0 fully saturated rings. The number of aryl methyl sites for hydroxylation is 1. The molecule has 92 heavy (non-hydrogen) atoms. The van der Waals surface area contributed by atoms with E-state index in [2.05, 4.69) is 54.7 Å². The van der Waals surface area contributed by atoms with Crippen LogP contribution in [0.5, 0.6) is 5.75 Å². The van der Waals surface area contributed by atoms with E-state index in [0.717, 1.165) is 56.7 Å². The molecule has 7 atom stereocenters. The van der Waals surface area contributed by atoms with Crippen LogP contribution in [0.15, 0.2) is 118 Å². The van der Waals surface area contributed by atoms with Crippen LogP contribution >= 0.6 is 79.6 Å². The van der Waals surface area contributed by atoms with Gasteiger partial charge >= 0.3 is 5.97 Å². The number of primary amides is 1. The molecule has 0 aliphatic carbocycles. The molecule has 8 heterocycles. The van der Waals surface area contributed by atoms with Crippen molar-refractivity contribution in [3.8, 4) is 49.1 Å². The lowest BCUT2D eigenvalue weighted by Crippen LogP contribution is -2.50. The molecule has 9 aromatic rings. The molecule has 7 aromatic heterocycles. The molecule has 10 bridgehead atoms. The molecule has 1 aliphatic heterocycles. The Hall–Kier alpha value is -9.38. The Balaban J connectivity index is 1.06. The lowest BCUT2D eigenvalue weighted by atomic mass is 9.96. The third-order valence-corrected chi connectivity index (χ3v) is 19.9. The van der Waals surface area contributed by atoms with Gasteiger partial charge in [-0.2, -0.15) is 0 Å². The number of aromatic hydroxyl groups is 1. The molecule has 26 nitrogen and oxygen atoms in total. The van der Waals surface area contributed by atoms with Crippen molar-refractivity contribution >= 4 is 127 Å². The third kappa shape index (κ3) is 15.0. The van der Waals surface area contributed by atoms with Gasteiger partial charge in [0.1, 0.15) is 99.5 Å². The number of carbonyl (C=O) groups excluding carboxylic acids is 7. The zero-order valence-electron chi connectivity index (χ0n) is 47.9. The number of aromatic nitrogens is 7. The number of halogens is 1. The van der Waals surface area contributed by atoms with Gasteiger partial charge in [0.25, 0.3) is 29.5 Å². The van der Waals surface area contributed by atoms with Crippen LogP contribution in [0.2, 0.25) is 0 Å². The van der Waals surface area contributed by atoms with Gasteiger partial charge in [0.05, 0.1) is 36.0 Å². The maximum absolute atomic E-state index is 14.9. The molecule has 0 spiro atoms. The smallest absolute Gasteiger partial charge is 0.351 e. The topological polar surface area (TPSA) is 406 Å². The number of carboxylic acids is 1. The fourth-order valence-corrected chi connectivity index (χ4v) is 14.6. The number of fused-ring (bicyclic) bond motifs is 14. The van der Waals surface area contributed by atoms with Crippen LogP contribution in [0.25, 0.3) is 43.4 Å². The molecule has 10 rings (SSSR count). The number of pyridine rings is 1. The van der Waals surface area contributed by atoms with E-state index in [9.17, 15) is 53.7 Å². The van der Waals surface area contributed by atoms with E-state index in [1.807, 2.05) is 5.32 Å². The molecular weight excluding hydrogens is 1320 g/mol. The number of amides is 7. The number of thiazole rings is 6. The van der Waals surface area contributed by atoms with Crippen molar-refractivity contribution in [1.29, 1.82) is 0 Å². The van der Waals surface area contributed by atoms with Gasteiger partial charge in [-0.05, 0) is 42.3 Å². The summed E-state index contributed by atoms with van der Waals surface area (Å²) < 4.78 is 0. The largest absolute Gasteiger partial charge is 0.508 e. The molecule has 0 radical (unpaired) electrons. The Morgan fingerprint density at radius 1 is 0.641 bits per heavy atom. The van der Waals surface area contributed by atoms with Crippen LogP contribution in [0.1, 0.15) is 111 Å². The summed E-state index contributed by atoms with van der Waals surface area (Å²) in [7, 11) is 0. The number of phenolic OH excluding ortho intramolecular Hbond substituents is 1. The first-order valence-corrected chi connectivity index (χ1v) is 33.0. The van der Waals surface area contributed by atoms with Gasteiger partial charge in [-0.25, -0.2) is 39.7 Å². The van der Waals surface area contributed by atoms with Gasteiger partial charge in [0.2, 0.25) is 11.8 Å². The molecule has 0 saturated heterocycles. The highest BCUT2D eigenvalue weighted by atomic mass is 35.5. The van der Waals surface area contributed by atoms with Crippen molar-refractivity contribution in [3.05, 3.63) is 172 Å². The molecule has 472 valence electrons. The minimum Gasteiger partial charge on any atom is -0.508 e. The lowest BCUT2D eigenvalue weighted by molar-refractivity contribution is -0.134. The number of hydrogen-bond acceptors (Lipinski definition) is 24. The minimum absolute atomic E-state index is 0.0411. The average Bonchev–Trinajstić information content (AvgIpc) is 1.61. The highest BCUT2D eigenvalue weighted by Crippen LogP contribution is 2.40. The quantitative estimate of drug-likeness (QED) is 0.0373. The summed E-state index contributed by atoms with van der Waals surface area (Å²) in [4.78, 5) is 141. The third-order valence-electron chi connectivity index (χ3n) is 14.0. The molecule has 1 aliphatic rings. The number of phenols is 1. The zero-order valence-corrected chi connectivity index (χ0v) is 53.6. The Kier molecular flexibility index (Phi) is 20.3. The van der Waals surface area contributed by atoms with E-state index in [4.69, 9.17) is 42.4 Å². The monoisotopic (exact) mass is 1370 g/mol. The number of nitrogens with one attached hydrogen (secondary N) is 6. The standard InChI is InChI=1S/C59H51ClN14O12S6/c1-24(40(76)18-60)42-57-71-39(23-91-57)55-67-35(19-88-55)44-31(14-15-32(64-44)54-69-36(21-89-54)49(81)62-25(2)47(79)63-26(3)59(85)86)53-68-37(20-87-53)51(83)66-34(17-41(61)77)56-74-43(27(4)92-56)52(84)73-45(46(78)29-8-6-5-7-9-29)58-70-38(22-90-58)50(82)65-33(48(80)72-42)16-28-10-12-30(75)13-11-28/h5-15,19-24,33-34,40,42,45-46,75-76,78H,2-3,16-18H2,1,4H3,(H2,61,77)(H,62,81)(H,63,79)(H,65,82)(H,66,83)(H,72,80)(H,73,84)(H,85,86). The number of alkyl halides is 1. The Morgan fingerprint density at radius 3 is 1.97 bits per heavy atom. The van der Waals surface area contributed by atoms with E-state index >= 15 is 0 Å². The first-order chi connectivity index (χ1) is 44.0. The lowest BCUT2D eigenvalue weighted by Gasteiger charge is -2.28. The highest BCUT2D eigenvalue weighted by Gasteiger charge is 2.36. The van der Waals surface area contributed by atoms with Crippen LogP contribution < -0.4 is 37.6 Å². The van der Waals surface area contributed by atoms with Crippen LogP contribution in [0.3, 0.4) is 0 Å². The van der Waals surface area contributed by atoms with Gasteiger partial charge < -0.3 is 58.1 Å². The summed E-state index contributed by atoms with van der Waals surface area (Å²) >= 11 is 12.6. The van der Waals surface area contributed by atoms with Gasteiger partial charge in [0, 0.05) is 55.6 Å². The van der Waals surface area contributed by atoms with Gasteiger partial charge in [-0.3, -0.25) is 33.6 Å². The number of nitrogens with zero attached hydrogens (tertiary/aromatic N) is 7. The molecule has 2 aromatic carbocycles. The van der Waals surface area contributed by atoms with Gasteiger partial charge in [-0.15, -0.1) is 79.6 Å². The Bertz CT molecular complexity index is 4350. The van der Waals surface area contributed by atoms with Gasteiger partial charge in [0.15, 0.2) is 0 Å². The minimum atomic E-state index is -1.49. The van der Waals surface area contributed by atoms with E-state index in [1.54, 1.807) is 79.2 Å². The first-order valence-electron chi connectivity index (χ1n) is 27.3. The van der Waals surface area contributed by atoms with E-state index in [0.29, 0.717) is 43.0 Å². The fraction of sp³-hybridized carbons (Fsp3) is 0.203. The molecule has 0 saturated carbocycles. The fourth-order valence-electron chi connectivity index (χ4n) is 9.11. The SMILES string of the molecule is C=C(NC(=O)C(=C)NC(=O)c1csc(-c2ccc3c(n2)-c2csc(n2)-c2csc(n2)C(C(C)C(O)CCl)NC(=O)C(Cc2ccc(O)cc2)NC(=O)c2csc(n2)C(C(O)c2ccccc2)NC(=O)c2nc(sc2C)C(CC(N)=O)NC(=O)c2csc-3n2)n1)C(=O)O. The summed E-state index contributed by atoms with van der Waals surface area (Å²) in [5.41, 5.74) is 6.48. The Labute approximate surface area is 550 Å². The highest BCUT2D eigenvalue weighted by molar-refractivity contribution is 7.15. The number of hydrogen-bond donors (Lipinski definition) is 11. The number of nitrogens with two attached hydrogens (primary N) is 1.